The van der Waals surface area contributed by atoms with Crippen LogP contribution in [-0.4, -0.2) is 107 Å². The van der Waals surface area contributed by atoms with Gasteiger partial charge in [0.2, 0.25) is 0 Å². The first-order chi connectivity index (χ1) is 22.9. The molecule has 1 aliphatic carbocycles. The average molecular weight is 731 g/mol. The molecule has 1 N–H and O–H groups in total. The molecule has 1 amide bonds. The van der Waals surface area contributed by atoms with Gasteiger partial charge in [0, 0.05) is 0 Å². The Morgan fingerprint density at radius 2 is 1.39 bits per heavy atom. The van der Waals surface area contributed by atoms with Crippen molar-refractivity contribution in [3.05, 3.63) is 12.7 Å². The zero-order valence-electron chi connectivity index (χ0n) is 32.7. The van der Waals surface area contributed by atoms with Crippen LogP contribution in [0, 0.1) is 0 Å². The predicted molar refractivity (Wildman–Crippen MR) is 204 cm³/mol. The summed E-state index contributed by atoms with van der Waals surface area (Å²) in [6.07, 6.45) is 12.7. The number of carbonyl (C=O) groups excluding carboxylic acids is 1. The fourth-order valence-electron chi connectivity index (χ4n) is 10.7. The normalized spacial score (nSPS) is 31.7. The number of ether oxygens (including phenoxy) is 1. The molecule has 0 aromatic rings. The van der Waals surface area contributed by atoms with Gasteiger partial charge in [-0.2, -0.15) is 0 Å². The molecule has 12 heteroatoms. The zero-order valence-corrected chi connectivity index (χ0v) is 34.7. The summed E-state index contributed by atoms with van der Waals surface area (Å²) in [5, 5.41) is 3.92. The number of hydrogen-bond acceptors (Lipinski definition) is 9. The van der Waals surface area contributed by atoms with Gasteiger partial charge >= 0.3 is 300 Å². The van der Waals surface area contributed by atoms with Crippen molar-refractivity contribution in [1.29, 1.82) is 0 Å². The molecule has 1 unspecified atom stereocenters. The van der Waals surface area contributed by atoms with E-state index in [0.717, 1.165) is 51.4 Å². The zero-order chi connectivity index (χ0) is 35.9. The first kappa shape index (κ1) is 39.9. The molecule has 10 nitrogen and oxygen atoms in total. The molecular formula is C37H72N4O6P2. The van der Waals surface area contributed by atoms with E-state index in [9.17, 15) is 4.79 Å². The van der Waals surface area contributed by atoms with Crippen molar-refractivity contribution in [2.75, 3.05) is 40.1 Å². The molecule has 5 aliphatic rings. The number of piperidine rings is 2. The van der Waals surface area contributed by atoms with Crippen molar-refractivity contribution in [2.24, 2.45) is 0 Å². The van der Waals surface area contributed by atoms with Crippen LogP contribution >= 0.6 is 15.1 Å². The van der Waals surface area contributed by atoms with Crippen LogP contribution in [-0.2, 0) is 27.6 Å². The average Bonchev–Trinajstić information content (AvgIpc) is 2.99. The van der Waals surface area contributed by atoms with Crippen molar-refractivity contribution < 1.29 is 27.6 Å². The summed E-state index contributed by atoms with van der Waals surface area (Å²) < 4.78 is 41.3. The first-order valence-corrected chi connectivity index (χ1v) is 23.9. The minimum atomic E-state index is -3.52. The third kappa shape index (κ3) is 8.15. The molecule has 0 bridgehead atoms. The van der Waals surface area contributed by atoms with E-state index < -0.39 is 26.2 Å². The van der Waals surface area contributed by atoms with E-state index in [-0.39, 0.29) is 35.2 Å². The van der Waals surface area contributed by atoms with Crippen molar-refractivity contribution in [3.8, 4) is 0 Å². The number of rotatable bonds is 10. The van der Waals surface area contributed by atoms with Crippen LogP contribution in [0.1, 0.15) is 133 Å². The number of likely N-dealkylation sites (tertiary alicyclic amines) is 1. The minimum absolute atomic E-state index is 0.00455. The summed E-state index contributed by atoms with van der Waals surface area (Å²) in [6.45, 7) is 27.5. The molecule has 4 heterocycles. The first-order valence-electron chi connectivity index (χ1n) is 19.3. The predicted octanol–water partition coefficient (Wildman–Crippen LogP) is 7.78. The molecule has 4 aliphatic heterocycles. The third-order valence-corrected chi connectivity index (χ3v) is 23.5. The maximum absolute atomic E-state index is 13.4. The fourth-order valence-corrected chi connectivity index (χ4v) is 24.9. The van der Waals surface area contributed by atoms with Gasteiger partial charge in [-0.25, -0.2) is 0 Å². The molecule has 1 saturated carbocycles. The van der Waals surface area contributed by atoms with E-state index in [1.165, 1.54) is 25.3 Å². The summed E-state index contributed by atoms with van der Waals surface area (Å²) in [5.74, 6) is -0.00455. The van der Waals surface area contributed by atoms with Gasteiger partial charge in [-0.1, -0.05) is 0 Å². The summed E-state index contributed by atoms with van der Waals surface area (Å²) in [7, 11) is -5.19. The molecule has 0 radical (unpaired) electrons. The number of nitrogens with zero attached hydrogens (tertiary/aromatic N) is 3. The summed E-state index contributed by atoms with van der Waals surface area (Å²) in [5.41, 5.74) is -0.940. The fraction of sp³-hybridized carbons (Fsp3) is 0.919. The van der Waals surface area contributed by atoms with E-state index in [2.05, 4.69) is 88.5 Å². The summed E-state index contributed by atoms with van der Waals surface area (Å²) >= 11 is 0. The van der Waals surface area contributed by atoms with Gasteiger partial charge in [0.15, 0.2) is 0 Å². The van der Waals surface area contributed by atoms with Crippen LogP contribution in [0.4, 0.5) is 0 Å². The molecule has 49 heavy (non-hydrogen) atoms. The Morgan fingerprint density at radius 1 is 0.816 bits per heavy atom. The van der Waals surface area contributed by atoms with Crippen molar-refractivity contribution in [2.45, 2.75) is 179 Å². The van der Waals surface area contributed by atoms with Gasteiger partial charge < -0.3 is 0 Å². The number of hydrogen-bond donors (Lipinski definition) is 1. The molecule has 5 fully saturated rings. The van der Waals surface area contributed by atoms with E-state index in [0.29, 0.717) is 39.0 Å². The van der Waals surface area contributed by atoms with Crippen LogP contribution in [0.2, 0.25) is 0 Å². The van der Waals surface area contributed by atoms with Crippen LogP contribution in [0.25, 0.3) is 0 Å². The Bertz CT molecular complexity index is 1120. The van der Waals surface area contributed by atoms with Crippen molar-refractivity contribution in [3.63, 3.8) is 0 Å². The van der Waals surface area contributed by atoms with Crippen LogP contribution in [0.15, 0.2) is 12.7 Å². The molecule has 1 atom stereocenters. The maximum atomic E-state index is 13.4. The SMILES string of the molecule is C=CC(=O)N1C(C)(C)CC(N(C2CCCCC2)[PH]2([PH]3(N(CCOC)C4CC(C)(C)NC(C)(C)C4)OCCCO3)OCCC(C)O2)CC1(C)C. The van der Waals surface area contributed by atoms with E-state index >= 15 is 0 Å². The third-order valence-electron chi connectivity index (χ3n) is 11.8. The Balaban J connectivity index is 1.72. The second-order valence-corrected chi connectivity index (χ2v) is 26.5. The van der Waals surface area contributed by atoms with Crippen LogP contribution in [0.5, 0.6) is 0 Å². The van der Waals surface area contributed by atoms with E-state index in [4.69, 9.17) is 22.8 Å². The van der Waals surface area contributed by atoms with E-state index in [1.807, 2.05) is 0 Å². The van der Waals surface area contributed by atoms with Crippen molar-refractivity contribution >= 4 is 21.0 Å². The van der Waals surface area contributed by atoms with E-state index in [1.54, 1.807) is 7.11 Å². The molecule has 0 spiro atoms. The second kappa shape index (κ2) is 15.2. The Morgan fingerprint density at radius 3 is 1.92 bits per heavy atom. The van der Waals surface area contributed by atoms with Gasteiger partial charge in [0.1, 0.15) is 0 Å². The van der Waals surface area contributed by atoms with Gasteiger partial charge in [-0.3, -0.25) is 0 Å². The van der Waals surface area contributed by atoms with Gasteiger partial charge in [0.05, 0.1) is 0 Å². The number of carbonyl (C=O) groups is 1. The Labute approximate surface area is 299 Å². The van der Waals surface area contributed by atoms with Gasteiger partial charge in [0.25, 0.3) is 0 Å². The monoisotopic (exact) mass is 730 g/mol. The molecule has 5 rings (SSSR count). The molecule has 286 valence electrons. The number of nitrogens with one attached hydrogen (secondary N) is 1. The topological polar surface area (TPSA) is 85.0 Å². The summed E-state index contributed by atoms with van der Waals surface area (Å²) in [4.78, 5) is 15.5. The molecule has 0 aromatic heterocycles. The summed E-state index contributed by atoms with van der Waals surface area (Å²) in [6, 6.07) is 0.628. The standard InChI is InChI=1S/C37H72N4O6P2/c1-12-33(42)41-36(7,8)27-32(28-37(41,9)10)40(30-17-14-13-15-18-30)49(46-23-19-29(2)47-49)48(44-21-16-22-45-48)39(20-24-43-11)31-25-34(3,4)38-35(5,6)26-31/h12,29-32,38,48-49H,1,13-28H2,2-11H3. The quantitative estimate of drug-likeness (QED) is 0.179. The number of amides is 1. The Kier molecular flexibility index (Phi) is 12.4. The molecule has 4 saturated heterocycles. The van der Waals surface area contributed by atoms with Crippen LogP contribution in [0.3, 0.4) is 0 Å². The van der Waals surface area contributed by atoms with Crippen molar-refractivity contribution in [1.82, 2.24) is 19.6 Å². The second-order valence-electron chi connectivity index (χ2n) is 18.2. The molecular weight excluding hydrogens is 658 g/mol. The molecule has 0 aromatic carbocycles. The van der Waals surface area contributed by atoms with Gasteiger partial charge in [-0.15, -0.1) is 0 Å². The Hall–Kier alpha value is -0.250. The van der Waals surface area contributed by atoms with Crippen LogP contribution < -0.4 is 5.32 Å². The number of methoxy groups -OCH3 is 1. The van der Waals surface area contributed by atoms with Gasteiger partial charge in [-0.05, 0) is 0 Å².